The number of nitriles is 1. The van der Waals surface area contributed by atoms with Gasteiger partial charge in [0.2, 0.25) is 0 Å². The maximum atomic E-state index is 7.32. The van der Waals surface area contributed by atoms with Crippen LogP contribution in [-0.4, -0.2) is 0 Å². The molecule has 0 aliphatic heterocycles. The molecule has 46 valence electrons. The second-order valence-electron chi connectivity index (χ2n) is 1.99. The largest absolute Gasteiger partial charge is 0.199 e. The zero-order chi connectivity index (χ0) is 6.24. The van der Waals surface area contributed by atoms with E-state index >= 15 is 0 Å². The predicted molar refractivity (Wildman–Crippen MR) is 34.4 cm³/mol. The first-order valence-electron chi connectivity index (χ1n) is 3.22. The minimum Gasteiger partial charge on any atom is -0.199 e. The van der Waals surface area contributed by atoms with Crippen molar-refractivity contribution in [1.29, 1.82) is 5.26 Å². The molecule has 0 N–H and O–H groups in total. The third-order valence-corrected chi connectivity index (χ3v) is 1.25. The molecule has 8 heavy (non-hydrogen) atoms. The van der Waals surface area contributed by atoms with Crippen LogP contribution in [0.3, 0.4) is 0 Å². The van der Waals surface area contributed by atoms with Crippen LogP contribution in [0.4, 0.5) is 0 Å². The Labute approximate surface area is 51.3 Å². The van der Waals surface area contributed by atoms with Crippen molar-refractivity contribution in [3.8, 4) is 6.07 Å². The monoisotopic (exact) mass is 111 g/mol. The van der Waals surface area contributed by atoms with Gasteiger partial charge < -0.3 is 0 Å². The second kappa shape index (κ2) is 6.49. The van der Waals surface area contributed by atoms with E-state index < -0.39 is 0 Å². The highest BCUT2D eigenvalue weighted by Crippen LogP contribution is 2.15. The topological polar surface area (TPSA) is 23.8 Å². The first-order chi connectivity index (χ1) is 3.91. The van der Waals surface area contributed by atoms with Gasteiger partial charge in [0.1, 0.15) is 0 Å². The fraction of sp³-hybridized carbons (Fsp3) is 0.857. The Balaban J connectivity index is 0.000000145. The number of hydrogen-bond donors (Lipinski definition) is 0. The Bertz CT molecular complexity index is 59.3. The lowest BCUT2D eigenvalue weighted by atomic mass is 10.4. The standard InChI is InChI=1S/C5H10.C2H3N/c1-2-4-5-3-1;1-2-3/h1-5H2;1H3. The van der Waals surface area contributed by atoms with Crippen LogP contribution in [0.25, 0.3) is 0 Å². The van der Waals surface area contributed by atoms with Crippen molar-refractivity contribution in [2.75, 3.05) is 0 Å². The van der Waals surface area contributed by atoms with Crippen molar-refractivity contribution < 1.29 is 0 Å². The van der Waals surface area contributed by atoms with E-state index in [4.69, 9.17) is 5.26 Å². The van der Waals surface area contributed by atoms with E-state index in [2.05, 4.69) is 0 Å². The average molecular weight is 111 g/mol. The molecule has 0 bridgehead atoms. The Morgan fingerprint density at radius 1 is 1.00 bits per heavy atom. The number of hydrogen-bond acceptors (Lipinski definition) is 1. The van der Waals surface area contributed by atoms with Crippen molar-refractivity contribution >= 4 is 0 Å². The molecule has 1 heteroatoms. The lowest BCUT2D eigenvalue weighted by molar-refractivity contribution is 0.886. The van der Waals surface area contributed by atoms with Crippen LogP contribution in [0.2, 0.25) is 0 Å². The molecule has 0 radical (unpaired) electrons. The molecule has 0 spiro atoms. The van der Waals surface area contributed by atoms with Gasteiger partial charge in [-0.15, -0.1) is 0 Å². The third kappa shape index (κ3) is 5.49. The minimum atomic E-state index is 1.43. The van der Waals surface area contributed by atoms with Crippen molar-refractivity contribution in [3.63, 3.8) is 0 Å². The molecule has 1 rings (SSSR count). The Hall–Kier alpha value is -0.510. The van der Waals surface area contributed by atoms with E-state index in [0.29, 0.717) is 0 Å². The predicted octanol–water partition coefficient (Wildman–Crippen LogP) is 2.48. The van der Waals surface area contributed by atoms with Crippen LogP contribution in [0.15, 0.2) is 0 Å². The van der Waals surface area contributed by atoms with E-state index in [1.165, 1.54) is 39.0 Å². The van der Waals surface area contributed by atoms with Gasteiger partial charge in [-0.3, -0.25) is 0 Å². The molecular weight excluding hydrogens is 98.1 g/mol. The van der Waals surface area contributed by atoms with Gasteiger partial charge in [0.25, 0.3) is 0 Å². The summed E-state index contributed by atoms with van der Waals surface area (Å²) in [5, 5.41) is 7.32. The van der Waals surface area contributed by atoms with Gasteiger partial charge in [0.15, 0.2) is 0 Å². The third-order valence-electron chi connectivity index (χ3n) is 1.25. The Morgan fingerprint density at radius 3 is 1.25 bits per heavy atom. The molecule has 0 saturated heterocycles. The SMILES string of the molecule is C1CCCC1.CC#N. The smallest absolute Gasteiger partial charge is 0.0587 e. The molecule has 0 heterocycles. The van der Waals surface area contributed by atoms with Crippen LogP contribution in [0, 0.1) is 11.3 Å². The molecule has 0 amide bonds. The highest BCUT2D eigenvalue weighted by atomic mass is 14.2. The summed E-state index contributed by atoms with van der Waals surface area (Å²) in [5.74, 6) is 0. The molecular formula is C7H13N. The fourth-order valence-corrected chi connectivity index (χ4v) is 0.884. The van der Waals surface area contributed by atoms with Crippen molar-refractivity contribution in [2.24, 2.45) is 0 Å². The summed E-state index contributed by atoms with van der Waals surface area (Å²) in [5.41, 5.74) is 0. The average Bonchev–Trinajstić information content (AvgIpc) is 2.17. The molecule has 1 fully saturated rings. The van der Waals surface area contributed by atoms with Crippen molar-refractivity contribution in [2.45, 2.75) is 39.0 Å². The molecule has 0 atom stereocenters. The molecule has 1 aliphatic rings. The second-order valence-corrected chi connectivity index (χ2v) is 1.99. The normalized spacial score (nSPS) is 16.0. The molecule has 1 saturated carbocycles. The van der Waals surface area contributed by atoms with Gasteiger partial charge in [-0.2, -0.15) is 5.26 Å². The maximum absolute atomic E-state index is 7.32. The van der Waals surface area contributed by atoms with Gasteiger partial charge in [-0.25, -0.2) is 0 Å². The highest BCUT2D eigenvalue weighted by molar-refractivity contribution is 4.51. The summed E-state index contributed by atoms with van der Waals surface area (Å²) in [6.07, 6.45) is 7.50. The van der Waals surface area contributed by atoms with Gasteiger partial charge >= 0.3 is 0 Å². The Kier molecular flexibility index (Phi) is 6.08. The number of rotatable bonds is 0. The molecule has 1 nitrogen and oxygen atoms in total. The Morgan fingerprint density at radius 2 is 1.12 bits per heavy atom. The zero-order valence-electron chi connectivity index (χ0n) is 5.48. The molecule has 0 unspecified atom stereocenters. The summed E-state index contributed by atoms with van der Waals surface area (Å²) in [7, 11) is 0. The van der Waals surface area contributed by atoms with Crippen LogP contribution in [-0.2, 0) is 0 Å². The maximum Gasteiger partial charge on any atom is 0.0587 e. The van der Waals surface area contributed by atoms with E-state index in [-0.39, 0.29) is 0 Å². The van der Waals surface area contributed by atoms with E-state index in [0.717, 1.165) is 0 Å². The minimum absolute atomic E-state index is 1.43. The summed E-state index contributed by atoms with van der Waals surface area (Å²) in [6, 6.07) is 1.75. The van der Waals surface area contributed by atoms with Crippen LogP contribution in [0.5, 0.6) is 0 Å². The number of nitrogens with zero attached hydrogens (tertiary/aromatic N) is 1. The zero-order valence-corrected chi connectivity index (χ0v) is 5.48. The van der Waals surface area contributed by atoms with Crippen LogP contribution >= 0.6 is 0 Å². The summed E-state index contributed by atoms with van der Waals surface area (Å²) >= 11 is 0. The highest BCUT2D eigenvalue weighted by Gasteiger charge is 1.95. The molecule has 0 aromatic rings. The first-order valence-corrected chi connectivity index (χ1v) is 3.22. The summed E-state index contributed by atoms with van der Waals surface area (Å²) < 4.78 is 0. The van der Waals surface area contributed by atoms with Crippen molar-refractivity contribution in [1.82, 2.24) is 0 Å². The molecule has 0 aromatic heterocycles. The van der Waals surface area contributed by atoms with Crippen LogP contribution < -0.4 is 0 Å². The quantitative estimate of drug-likeness (QED) is 0.471. The van der Waals surface area contributed by atoms with E-state index in [9.17, 15) is 0 Å². The lowest BCUT2D eigenvalue weighted by Crippen LogP contribution is -1.47. The van der Waals surface area contributed by atoms with Gasteiger partial charge in [0, 0.05) is 6.92 Å². The summed E-state index contributed by atoms with van der Waals surface area (Å²) in [4.78, 5) is 0. The van der Waals surface area contributed by atoms with Crippen LogP contribution in [0.1, 0.15) is 39.0 Å². The van der Waals surface area contributed by atoms with Gasteiger partial charge in [-0.05, 0) is 0 Å². The fourth-order valence-electron chi connectivity index (χ4n) is 0.884. The van der Waals surface area contributed by atoms with Gasteiger partial charge in [0.05, 0.1) is 6.07 Å². The molecule has 1 aliphatic carbocycles. The van der Waals surface area contributed by atoms with Gasteiger partial charge in [-0.1, -0.05) is 32.1 Å². The van der Waals surface area contributed by atoms with E-state index in [1.807, 2.05) is 0 Å². The molecule has 0 aromatic carbocycles. The van der Waals surface area contributed by atoms with E-state index in [1.54, 1.807) is 6.07 Å². The lowest BCUT2D eigenvalue weighted by Gasteiger charge is -1.67. The first kappa shape index (κ1) is 7.49. The van der Waals surface area contributed by atoms with Crippen molar-refractivity contribution in [3.05, 3.63) is 0 Å². The summed E-state index contributed by atoms with van der Waals surface area (Å²) in [6.45, 7) is 1.43.